The number of phenolic OH excluding ortho intramolecular Hbond substituents is 1. The van der Waals surface area contributed by atoms with Gasteiger partial charge in [0.15, 0.2) is 0 Å². The van der Waals surface area contributed by atoms with E-state index in [4.69, 9.17) is 0 Å². The molecule has 1 N–H and O–H groups in total. The Bertz CT molecular complexity index is 927. The summed E-state index contributed by atoms with van der Waals surface area (Å²) in [6.45, 7) is 0. The monoisotopic (exact) mass is 329 g/mol. The average Bonchev–Trinajstić information content (AvgIpc) is 2.72. The molecule has 1 aromatic heterocycles. The van der Waals surface area contributed by atoms with Gasteiger partial charge in [-0.2, -0.15) is 13.2 Å². The number of halogens is 4. The van der Waals surface area contributed by atoms with E-state index in [9.17, 15) is 27.5 Å². The van der Waals surface area contributed by atoms with Gasteiger partial charge in [0.25, 0.3) is 0 Å². The van der Waals surface area contributed by atoms with Crippen LogP contribution in [0.15, 0.2) is 41.2 Å². The molecule has 8 heteroatoms. The van der Waals surface area contributed by atoms with Gasteiger partial charge in [-0.1, -0.05) is 11.3 Å². The molecule has 3 aromatic rings. The van der Waals surface area contributed by atoms with Gasteiger partial charge in [-0.3, -0.25) is 9.36 Å². The van der Waals surface area contributed by atoms with Crippen LogP contribution in [0.1, 0.15) is 5.56 Å². The topological polar surface area (TPSA) is 42.2 Å². The molecule has 1 heterocycles. The van der Waals surface area contributed by atoms with Gasteiger partial charge < -0.3 is 5.11 Å². The van der Waals surface area contributed by atoms with Crippen molar-refractivity contribution in [3.63, 3.8) is 0 Å². The number of nitrogens with zero attached hydrogens (tertiary/aromatic N) is 1. The minimum Gasteiger partial charge on any atom is -0.508 e. The standard InChI is InChI=1S/C14H7F4NO2S/c15-9-5-7(14(16,17)18)1-3-10(9)19-11-4-2-8(20)6-12(11)22-13(19)21/h1-6,20H. The highest BCUT2D eigenvalue weighted by Gasteiger charge is 2.31. The van der Waals surface area contributed by atoms with Crippen molar-refractivity contribution in [3.05, 3.63) is 57.4 Å². The molecule has 2 aromatic carbocycles. The molecule has 3 rings (SSSR count). The summed E-state index contributed by atoms with van der Waals surface area (Å²) in [5.41, 5.74) is -1.08. The first-order valence-electron chi connectivity index (χ1n) is 5.99. The normalized spacial score (nSPS) is 12.0. The fraction of sp³-hybridized carbons (Fsp3) is 0.0714. The zero-order valence-corrected chi connectivity index (χ0v) is 11.5. The van der Waals surface area contributed by atoms with Gasteiger partial charge in [-0.25, -0.2) is 4.39 Å². The van der Waals surface area contributed by atoms with E-state index in [0.717, 1.165) is 28.0 Å². The number of benzene rings is 2. The van der Waals surface area contributed by atoms with Crippen LogP contribution in [0.3, 0.4) is 0 Å². The van der Waals surface area contributed by atoms with Crippen molar-refractivity contribution >= 4 is 21.6 Å². The molecule has 0 fully saturated rings. The summed E-state index contributed by atoms with van der Waals surface area (Å²) in [5, 5.41) is 9.38. The Balaban J connectivity index is 2.24. The van der Waals surface area contributed by atoms with Crippen molar-refractivity contribution in [2.24, 2.45) is 0 Å². The van der Waals surface area contributed by atoms with E-state index in [1.807, 2.05) is 0 Å². The zero-order valence-electron chi connectivity index (χ0n) is 10.7. The van der Waals surface area contributed by atoms with Crippen molar-refractivity contribution in [3.8, 4) is 11.4 Å². The van der Waals surface area contributed by atoms with Crippen molar-refractivity contribution in [1.82, 2.24) is 4.57 Å². The zero-order chi connectivity index (χ0) is 16.1. The van der Waals surface area contributed by atoms with Crippen molar-refractivity contribution in [2.75, 3.05) is 0 Å². The molecule has 0 aliphatic rings. The maximum absolute atomic E-state index is 14.0. The number of aromatic nitrogens is 1. The molecule has 22 heavy (non-hydrogen) atoms. The first-order valence-corrected chi connectivity index (χ1v) is 6.81. The molecule has 114 valence electrons. The molecule has 0 radical (unpaired) electrons. The Morgan fingerprint density at radius 2 is 1.82 bits per heavy atom. The first kappa shape index (κ1) is 14.6. The van der Waals surface area contributed by atoms with E-state index in [1.165, 1.54) is 18.2 Å². The molecule has 0 amide bonds. The maximum atomic E-state index is 14.0. The molecule has 0 saturated carbocycles. The molecule has 0 aliphatic heterocycles. The van der Waals surface area contributed by atoms with Gasteiger partial charge in [0.2, 0.25) is 0 Å². The quantitative estimate of drug-likeness (QED) is 0.688. The second kappa shape index (κ2) is 4.84. The summed E-state index contributed by atoms with van der Waals surface area (Å²) in [6, 6.07) is 6.03. The van der Waals surface area contributed by atoms with Crippen LogP contribution in [0, 0.1) is 5.82 Å². The molecule has 0 saturated heterocycles. The minimum atomic E-state index is -4.66. The lowest BCUT2D eigenvalue weighted by Gasteiger charge is -2.10. The number of rotatable bonds is 1. The van der Waals surface area contributed by atoms with Gasteiger partial charge in [0, 0.05) is 0 Å². The van der Waals surface area contributed by atoms with Crippen LogP contribution in [0.2, 0.25) is 0 Å². The molecule has 0 aliphatic carbocycles. The minimum absolute atomic E-state index is 0.0613. The van der Waals surface area contributed by atoms with Crippen LogP contribution in [-0.2, 0) is 6.18 Å². The fourth-order valence-corrected chi connectivity index (χ4v) is 3.02. The smallest absolute Gasteiger partial charge is 0.416 e. The van der Waals surface area contributed by atoms with E-state index in [0.29, 0.717) is 16.3 Å². The Hall–Kier alpha value is -2.35. The van der Waals surface area contributed by atoms with Gasteiger partial charge in [-0.05, 0) is 36.4 Å². The molecule has 0 spiro atoms. The maximum Gasteiger partial charge on any atom is 0.416 e. The predicted molar refractivity (Wildman–Crippen MR) is 74.0 cm³/mol. The highest BCUT2D eigenvalue weighted by atomic mass is 32.1. The third-order valence-corrected chi connectivity index (χ3v) is 3.98. The Kier molecular flexibility index (Phi) is 3.21. The van der Waals surface area contributed by atoms with Crippen LogP contribution in [0.25, 0.3) is 15.9 Å². The van der Waals surface area contributed by atoms with E-state index < -0.39 is 22.4 Å². The lowest BCUT2D eigenvalue weighted by molar-refractivity contribution is -0.137. The number of thiazole rings is 1. The highest BCUT2D eigenvalue weighted by Crippen LogP contribution is 2.32. The summed E-state index contributed by atoms with van der Waals surface area (Å²) in [7, 11) is 0. The molecule has 0 atom stereocenters. The summed E-state index contributed by atoms with van der Waals surface area (Å²) in [5.74, 6) is -1.21. The Morgan fingerprint density at radius 1 is 1.09 bits per heavy atom. The highest BCUT2D eigenvalue weighted by molar-refractivity contribution is 7.16. The summed E-state index contributed by atoms with van der Waals surface area (Å²) in [4.78, 5) is 11.4. The van der Waals surface area contributed by atoms with Crippen LogP contribution in [-0.4, -0.2) is 9.67 Å². The Morgan fingerprint density at radius 3 is 2.45 bits per heavy atom. The lowest BCUT2D eigenvalue weighted by Crippen LogP contribution is -2.13. The van der Waals surface area contributed by atoms with E-state index in [1.54, 1.807) is 0 Å². The first-order chi connectivity index (χ1) is 10.3. The molecule has 0 unspecified atom stereocenters. The summed E-state index contributed by atoms with van der Waals surface area (Å²) >= 11 is 0.765. The number of phenols is 1. The fourth-order valence-electron chi connectivity index (χ4n) is 2.10. The number of hydrogen-bond acceptors (Lipinski definition) is 3. The van der Waals surface area contributed by atoms with Gasteiger partial charge in [0.1, 0.15) is 11.6 Å². The van der Waals surface area contributed by atoms with Crippen molar-refractivity contribution in [2.45, 2.75) is 6.18 Å². The average molecular weight is 329 g/mol. The second-order valence-electron chi connectivity index (χ2n) is 4.52. The third-order valence-electron chi connectivity index (χ3n) is 3.08. The predicted octanol–water partition coefficient (Wildman–Crippen LogP) is 3.92. The number of alkyl halides is 3. The SMILES string of the molecule is O=c1sc2cc(O)ccc2n1-c1ccc(C(F)(F)F)cc1F. The molecular weight excluding hydrogens is 322 g/mol. The van der Waals surface area contributed by atoms with Crippen LogP contribution >= 0.6 is 11.3 Å². The summed E-state index contributed by atoms with van der Waals surface area (Å²) < 4.78 is 53.1. The number of hydrogen-bond donors (Lipinski definition) is 1. The van der Waals surface area contributed by atoms with Gasteiger partial charge in [0.05, 0.1) is 21.5 Å². The van der Waals surface area contributed by atoms with Crippen molar-refractivity contribution < 1.29 is 22.7 Å². The van der Waals surface area contributed by atoms with E-state index >= 15 is 0 Å². The van der Waals surface area contributed by atoms with Crippen molar-refractivity contribution in [1.29, 1.82) is 0 Å². The number of fused-ring (bicyclic) bond motifs is 1. The second-order valence-corrected chi connectivity index (χ2v) is 5.51. The molecule has 0 bridgehead atoms. The third kappa shape index (κ3) is 2.35. The van der Waals surface area contributed by atoms with E-state index in [-0.39, 0.29) is 11.4 Å². The largest absolute Gasteiger partial charge is 0.508 e. The van der Waals surface area contributed by atoms with Gasteiger partial charge >= 0.3 is 11.0 Å². The van der Waals surface area contributed by atoms with Crippen LogP contribution in [0.5, 0.6) is 5.75 Å². The molecule has 3 nitrogen and oxygen atoms in total. The molecular formula is C14H7F4NO2S. The van der Waals surface area contributed by atoms with Crippen LogP contribution < -0.4 is 4.87 Å². The summed E-state index contributed by atoms with van der Waals surface area (Å²) in [6.07, 6.45) is -4.66. The number of aromatic hydroxyl groups is 1. The van der Waals surface area contributed by atoms with E-state index in [2.05, 4.69) is 0 Å². The van der Waals surface area contributed by atoms with Gasteiger partial charge in [-0.15, -0.1) is 0 Å². The lowest BCUT2D eigenvalue weighted by atomic mass is 10.2. The Labute approximate surface area is 124 Å². The van der Waals surface area contributed by atoms with Crippen LogP contribution in [0.4, 0.5) is 17.6 Å².